The molecule has 3 rings (SSSR count). The Kier molecular flexibility index (Phi) is 3.16. The molecule has 0 radical (unpaired) electrons. The van der Waals surface area contributed by atoms with Gasteiger partial charge in [0.1, 0.15) is 0 Å². The highest BCUT2D eigenvalue weighted by Gasteiger charge is 1.94. The number of fused-ring (bicyclic) bond motifs is 1. The highest BCUT2D eigenvalue weighted by Crippen LogP contribution is 2.18. The van der Waals surface area contributed by atoms with Crippen LogP contribution < -0.4 is 0 Å². The molecule has 0 spiro atoms. The first kappa shape index (κ1) is 11.7. The molecule has 0 bridgehead atoms. The maximum Gasteiger partial charge on any atom is -0.0178 e. The summed E-state index contributed by atoms with van der Waals surface area (Å²) in [6.45, 7) is 2.14. The Morgan fingerprint density at radius 1 is 0.684 bits per heavy atom. The van der Waals surface area contributed by atoms with E-state index in [-0.39, 0.29) is 0 Å². The van der Waals surface area contributed by atoms with Gasteiger partial charge in [-0.1, -0.05) is 72.8 Å². The molecule has 0 heterocycles. The van der Waals surface area contributed by atoms with Crippen molar-refractivity contribution < 1.29 is 0 Å². The van der Waals surface area contributed by atoms with E-state index in [4.69, 9.17) is 0 Å². The van der Waals surface area contributed by atoms with E-state index in [9.17, 15) is 0 Å². The van der Waals surface area contributed by atoms with Crippen molar-refractivity contribution in [3.8, 4) is 0 Å². The third-order valence-electron chi connectivity index (χ3n) is 3.42. The summed E-state index contributed by atoms with van der Waals surface area (Å²) in [5, 5.41) is 2.57. The summed E-state index contributed by atoms with van der Waals surface area (Å²) in [4.78, 5) is 0. The Balaban J connectivity index is 1.95. The van der Waals surface area contributed by atoms with Gasteiger partial charge < -0.3 is 0 Å². The van der Waals surface area contributed by atoms with Crippen LogP contribution in [-0.2, 0) is 0 Å². The van der Waals surface area contributed by atoms with Gasteiger partial charge in [-0.2, -0.15) is 0 Å². The number of aryl methyl sites for hydroxylation is 1. The molecule has 0 aliphatic carbocycles. The van der Waals surface area contributed by atoms with Crippen LogP contribution in [0, 0.1) is 6.92 Å². The van der Waals surface area contributed by atoms with E-state index in [1.54, 1.807) is 0 Å². The standard InChI is InChI=1S/C19H16/c1-15-6-2-3-7-17(15)12-10-16-11-13-18-8-4-5-9-19(18)14-16/h2-14H,1H3/b12-10+. The van der Waals surface area contributed by atoms with Gasteiger partial charge >= 0.3 is 0 Å². The van der Waals surface area contributed by atoms with Crippen molar-refractivity contribution in [1.82, 2.24) is 0 Å². The molecule has 0 aromatic heterocycles. The van der Waals surface area contributed by atoms with Crippen LogP contribution in [-0.4, -0.2) is 0 Å². The molecule has 0 unspecified atom stereocenters. The van der Waals surface area contributed by atoms with Crippen LogP contribution in [0.5, 0.6) is 0 Å². The summed E-state index contributed by atoms with van der Waals surface area (Å²) >= 11 is 0. The molecule has 0 aliphatic rings. The Bertz CT molecular complexity index is 736. The molecule has 19 heavy (non-hydrogen) atoms. The molecule has 0 nitrogen and oxygen atoms in total. The van der Waals surface area contributed by atoms with E-state index in [0.717, 1.165) is 0 Å². The largest absolute Gasteiger partial charge is 0.0620 e. The highest BCUT2D eigenvalue weighted by molar-refractivity contribution is 5.86. The maximum absolute atomic E-state index is 2.23. The van der Waals surface area contributed by atoms with Crippen LogP contribution in [0.15, 0.2) is 66.7 Å². The number of hydrogen-bond acceptors (Lipinski definition) is 0. The fourth-order valence-corrected chi connectivity index (χ4v) is 2.27. The van der Waals surface area contributed by atoms with Crippen LogP contribution in [0.1, 0.15) is 16.7 Å². The van der Waals surface area contributed by atoms with Crippen LogP contribution in [0.3, 0.4) is 0 Å². The van der Waals surface area contributed by atoms with Crippen LogP contribution >= 0.6 is 0 Å². The highest BCUT2D eigenvalue weighted by atomic mass is 14.0. The van der Waals surface area contributed by atoms with Gasteiger partial charge in [-0.25, -0.2) is 0 Å². The fraction of sp³-hybridized carbons (Fsp3) is 0.0526. The van der Waals surface area contributed by atoms with Gasteiger partial charge in [-0.05, 0) is 40.5 Å². The first-order valence-electron chi connectivity index (χ1n) is 6.55. The minimum Gasteiger partial charge on any atom is -0.0620 e. The minimum absolute atomic E-state index is 1.24. The minimum atomic E-state index is 1.24. The lowest BCUT2D eigenvalue weighted by Gasteiger charge is -2.01. The Morgan fingerprint density at radius 2 is 1.42 bits per heavy atom. The third-order valence-corrected chi connectivity index (χ3v) is 3.42. The summed E-state index contributed by atoms with van der Waals surface area (Å²) in [6.07, 6.45) is 4.36. The van der Waals surface area contributed by atoms with Crippen LogP contribution in [0.4, 0.5) is 0 Å². The van der Waals surface area contributed by atoms with Crippen molar-refractivity contribution >= 4 is 22.9 Å². The average molecular weight is 244 g/mol. The smallest absolute Gasteiger partial charge is 0.0178 e. The second-order valence-electron chi connectivity index (χ2n) is 4.80. The zero-order valence-corrected chi connectivity index (χ0v) is 11.0. The van der Waals surface area contributed by atoms with E-state index in [2.05, 4.69) is 85.8 Å². The lowest BCUT2D eigenvalue weighted by Crippen LogP contribution is -1.79. The quantitative estimate of drug-likeness (QED) is 0.535. The van der Waals surface area contributed by atoms with E-state index in [1.807, 2.05) is 0 Å². The average Bonchev–Trinajstić information content (AvgIpc) is 2.46. The van der Waals surface area contributed by atoms with Gasteiger partial charge in [0.25, 0.3) is 0 Å². The van der Waals surface area contributed by atoms with Gasteiger partial charge in [-0.15, -0.1) is 0 Å². The van der Waals surface area contributed by atoms with Crippen molar-refractivity contribution in [2.75, 3.05) is 0 Å². The molecule has 0 saturated heterocycles. The Hall–Kier alpha value is -2.34. The summed E-state index contributed by atoms with van der Waals surface area (Å²) in [7, 11) is 0. The molecule has 0 fully saturated rings. The van der Waals surface area contributed by atoms with Crippen LogP contribution in [0.25, 0.3) is 22.9 Å². The third kappa shape index (κ3) is 2.58. The normalized spacial score (nSPS) is 11.2. The van der Waals surface area contributed by atoms with Gasteiger partial charge in [0.05, 0.1) is 0 Å². The molecule has 0 aliphatic heterocycles. The lowest BCUT2D eigenvalue weighted by atomic mass is 10.0. The van der Waals surface area contributed by atoms with Gasteiger partial charge in [0.2, 0.25) is 0 Å². The Morgan fingerprint density at radius 3 is 2.26 bits per heavy atom. The first-order chi connectivity index (χ1) is 9.33. The molecule has 0 amide bonds. The summed E-state index contributed by atoms with van der Waals surface area (Å²) in [5.41, 5.74) is 3.82. The van der Waals surface area contributed by atoms with E-state index >= 15 is 0 Å². The maximum atomic E-state index is 2.23. The van der Waals surface area contributed by atoms with Crippen molar-refractivity contribution in [2.24, 2.45) is 0 Å². The molecule has 0 atom stereocenters. The topological polar surface area (TPSA) is 0 Å². The van der Waals surface area contributed by atoms with Crippen molar-refractivity contribution in [3.63, 3.8) is 0 Å². The number of benzene rings is 3. The SMILES string of the molecule is Cc1ccccc1/C=C/c1ccc2ccccc2c1. The first-order valence-corrected chi connectivity index (χ1v) is 6.55. The van der Waals surface area contributed by atoms with Crippen LogP contribution in [0.2, 0.25) is 0 Å². The molecule has 3 aromatic rings. The van der Waals surface area contributed by atoms with E-state index < -0.39 is 0 Å². The Labute approximate surface area is 114 Å². The summed E-state index contributed by atoms with van der Waals surface area (Å²) in [6, 6.07) is 23.4. The van der Waals surface area contributed by atoms with Gasteiger partial charge in [0, 0.05) is 0 Å². The van der Waals surface area contributed by atoms with Crippen molar-refractivity contribution in [1.29, 1.82) is 0 Å². The number of hydrogen-bond donors (Lipinski definition) is 0. The zero-order chi connectivity index (χ0) is 13.1. The van der Waals surface area contributed by atoms with Crippen molar-refractivity contribution in [3.05, 3.63) is 83.4 Å². The molecule has 3 aromatic carbocycles. The predicted octanol–water partition coefficient (Wildman–Crippen LogP) is 5.32. The van der Waals surface area contributed by atoms with Gasteiger partial charge in [0.15, 0.2) is 0 Å². The van der Waals surface area contributed by atoms with Gasteiger partial charge in [-0.3, -0.25) is 0 Å². The second kappa shape index (κ2) is 5.11. The van der Waals surface area contributed by atoms with Crippen molar-refractivity contribution in [2.45, 2.75) is 6.92 Å². The van der Waals surface area contributed by atoms with E-state index in [0.29, 0.717) is 0 Å². The molecule has 0 N–H and O–H groups in total. The molecule has 0 heteroatoms. The lowest BCUT2D eigenvalue weighted by molar-refractivity contribution is 1.45. The summed E-state index contributed by atoms with van der Waals surface area (Å²) in [5.74, 6) is 0. The molecule has 0 saturated carbocycles. The molecule has 92 valence electrons. The summed E-state index contributed by atoms with van der Waals surface area (Å²) < 4.78 is 0. The fourth-order valence-electron chi connectivity index (χ4n) is 2.27. The van der Waals surface area contributed by atoms with E-state index in [1.165, 1.54) is 27.5 Å². The number of rotatable bonds is 2. The zero-order valence-electron chi connectivity index (χ0n) is 11.0. The second-order valence-corrected chi connectivity index (χ2v) is 4.80. The molecular formula is C19H16. The molecular weight excluding hydrogens is 228 g/mol. The predicted molar refractivity (Wildman–Crippen MR) is 84.1 cm³/mol. The monoisotopic (exact) mass is 244 g/mol.